The maximum atomic E-state index is 5.62. The fourth-order valence-electron chi connectivity index (χ4n) is 2.39. The third kappa shape index (κ3) is 7.74. The largest absolute Gasteiger partial charge is 0.380 e. The van der Waals surface area contributed by atoms with Crippen molar-refractivity contribution in [3.63, 3.8) is 0 Å². The van der Waals surface area contributed by atoms with Crippen LogP contribution in [0.3, 0.4) is 0 Å². The van der Waals surface area contributed by atoms with Crippen molar-refractivity contribution in [2.75, 3.05) is 7.11 Å². The van der Waals surface area contributed by atoms with Crippen LogP contribution in [-0.2, 0) is 4.74 Å². The second-order valence-corrected chi connectivity index (χ2v) is 5.27. The van der Waals surface area contributed by atoms with E-state index in [9.17, 15) is 0 Å². The summed E-state index contributed by atoms with van der Waals surface area (Å²) in [7, 11) is 1.77. The third-order valence-electron chi connectivity index (χ3n) is 3.41. The van der Waals surface area contributed by atoms with E-state index in [0.717, 1.165) is 6.42 Å². The summed E-state index contributed by atoms with van der Waals surface area (Å²) in [4.78, 5) is 0. The van der Waals surface area contributed by atoms with Crippen molar-refractivity contribution < 1.29 is 4.74 Å². The third-order valence-corrected chi connectivity index (χ3v) is 3.41. The molecule has 0 aliphatic heterocycles. The van der Waals surface area contributed by atoms with Gasteiger partial charge in [0.1, 0.15) is 0 Å². The maximum absolute atomic E-state index is 5.62. The monoisotopic (exact) mass is 244 g/mol. The molecular formula is C14H32N2O. The van der Waals surface area contributed by atoms with E-state index >= 15 is 0 Å². The van der Waals surface area contributed by atoms with Crippen LogP contribution < -0.4 is 11.3 Å². The predicted molar refractivity (Wildman–Crippen MR) is 74.7 cm³/mol. The van der Waals surface area contributed by atoms with E-state index in [1.165, 1.54) is 38.5 Å². The molecule has 0 fully saturated rings. The topological polar surface area (TPSA) is 47.3 Å². The van der Waals surface area contributed by atoms with E-state index in [2.05, 4.69) is 26.2 Å². The summed E-state index contributed by atoms with van der Waals surface area (Å²) in [5.41, 5.74) is 2.91. The lowest BCUT2D eigenvalue weighted by molar-refractivity contribution is 0.0299. The van der Waals surface area contributed by atoms with Gasteiger partial charge in [-0.2, -0.15) is 0 Å². The number of nitrogens with two attached hydrogens (primary N) is 1. The van der Waals surface area contributed by atoms with E-state index in [4.69, 9.17) is 10.6 Å². The first-order valence-electron chi connectivity index (χ1n) is 7.16. The molecule has 0 radical (unpaired) electrons. The van der Waals surface area contributed by atoms with Crippen molar-refractivity contribution in [1.29, 1.82) is 0 Å². The molecule has 0 heterocycles. The number of hydrogen-bond acceptors (Lipinski definition) is 3. The number of unbranched alkanes of at least 4 members (excludes halogenated alkanes) is 5. The summed E-state index contributed by atoms with van der Waals surface area (Å²) in [5, 5.41) is 0. The van der Waals surface area contributed by atoms with Gasteiger partial charge in [-0.1, -0.05) is 59.3 Å². The van der Waals surface area contributed by atoms with Crippen LogP contribution in [0.2, 0.25) is 0 Å². The van der Waals surface area contributed by atoms with E-state index in [1.54, 1.807) is 7.11 Å². The fraction of sp³-hybridized carbons (Fsp3) is 1.00. The minimum Gasteiger partial charge on any atom is -0.380 e. The molecule has 104 valence electrons. The molecule has 0 aromatic rings. The zero-order chi connectivity index (χ0) is 13.1. The van der Waals surface area contributed by atoms with Gasteiger partial charge in [-0.25, -0.2) is 0 Å². The van der Waals surface area contributed by atoms with Crippen molar-refractivity contribution in [2.45, 2.75) is 77.9 Å². The van der Waals surface area contributed by atoms with Crippen LogP contribution in [0.1, 0.15) is 65.7 Å². The molecule has 17 heavy (non-hydrogen) atoms. The Labute approximate surface area is 107 Å². The minimum absolute atomic E-state index is 0.218. The Kier molecular flexibility index (Phi) is 10.9. The van der Waals surface area contributed by atoms with E-state index in [-0.39, 0.29) is 12.1 Å². The summed E-state index contributed by atoms with van der Waals surface area (Å²) >= 11 is 0. The van der Waals surface area contributed by atoms with Crippen LogP contribution in [0.4, 0.5) is 0 Å². The molecule has 0 aromatic carbocycles. The molecule has 0 bridgehead atoms. The smallest absolute Gasteiger partial charge is 0.0760 e. The normalized spacial score (nSPS) is 15.2. The summed E-state index contributed by atoms with van der Waals surface area (Å²) in [6.45, 7) is 6.61. The van der Waals surface area contributed by atoms with Gasteiger partial charge < -0.3 is 4.74 Å². The first-order chi connectivity index (χ1) is 8.17. The molecule has 0 amide bonds. The lowest BCUT2D eigenvalue weighted by Gasteiger charge is -2.28. The average Bonchev–Trinajstić information content (AvgIpc) is 2.31. The Bertz CT molecular complexity index is 162. The Hall–Kier alpha value is -0.120. The zero-order valence-electron chi connectivity index (χ0n) is 12.2. The summed E-state index contributed by atoms with van der Waals surface area (Å²) in [6, 6.07) is 0.283. The highest BCUT2D eigenvalue weighted by Crippen LogP contribution is 2.16. The minimum atomic E-state index is 0.218. The second-order valence-electron chi connectivity index (χ2n) is 5.27. The lowest BCUT2D eigenvalue weighted by atomic mass is 9.95. The molecule has 2 unspecified atom stereocenters. The van der Waals surface area contributed by atoms with Crippen LogP contribution in [0.5, 0.6) is 0 Å². The molecule has 0 rings (SSSR count). The number of ether oxygens (including phenoxy) is 1. The van der Waals surface area contributed by atoms with E-state index < -0.39 is 0 Å². The van der Waals surface area contributed by atoms with Gasteiger partial charge in [-0.15, -0.1) is 0 Å². The zero-order valence-corrected chi connectivity index (χ0v) is 12.2. The SMILES string of the molecule is CCCCCCCCC(NN)C(OC)C(C)C. The molecule has 0 aromatic heterocycles. The molecule has 0 aliphatic rings. The number of rotatable bonds is 11. The van der Waals surface area contributed by atoms with Gasteiger partial charge in [0, 0.05) is 13.2 Å². The van der Waals surface area contributed by atoms with Crippen molar-refractivity contribution >= 4 is 0 Å². The highest BCUT2D eigenvalue weighted by molar-refractivity contribution is 4.77. The van der Waals surface area contributed by atoms with Gasteiger partial charge in [-0.3, -0.25) is 11.3 Å². The van der Waals surface area contributed by atoms with Crippen LogP contribution in [0, 0.1) is 5.92 Å². The van der Waals surface area contributed by atoms with E-state index in [1.807, 2.05) is 0 Å². The molecule has 0 saturated heterocycles. The van der Waals surface area contributed by atoms with Crippen LogP contribution >= 0.6 is 0 Å². The Balaban J connectivity index is 3.73. The van der Waals surface area contributed by atoms with E-state index in [0.29, 0.717) is 5.92 Å². The Morgan fingerprint density at radius 1 is 1.06 bits per heavy atom. The first-order valence-corrected chi connectivity index (χ1v) is 7.16. The van der Waals surface area contributed by atoms with Gasteiger partial charge in [-0.05, 0) is 12.3 Å². The van der Waals surface area contributed by atoms with Gasteiger partial charge in [0.25, 0.3) is 0 Å². The predicted octanol–water partition coefficient (Wildman–Crippen LogP) is 3.24. The molecular weight excluding hydrogens is 212 g/mol. The van der Waals surface area contributed by atoms with Gasteiger partial charge in [0.15, 0.2) is 0 Å². The maximum Gasteiger partial charge on any atom is 0.0760 e. The van der Waals surface area contributed by atoms with Gasteiger partial charge in [0.2, 0.25) is 0 Å². The fourth-order valence-corrected chi connectivity index (χ4v) is 2.39. The molecule has 0 saturated carbocycles. The van der Waals surface area contributed by atoms with Crippen LogP contribution in [0.15, 0.2) is 0 Å². The molecule has 0 aliphatic carbocycles. The number of hydrogen-bond donors (Lipinski definition) is 2. The quantitative estimate of drug-likeness (QED) is 0.333. The van der Waals surface area contributed by atoms with Gasteiger partial charge in [0.05, 0.1) is 6.10 Å². The molecule has 3 N–H and O–H groups in total. The molecule has 0 spiro atoms. The second kappa shape index (κ2) is 11.0. The Morgan fingerprint density at radius 2 is 1.65 bits per heavy atom. The highest BCUT2D eigenvalue weighted by Gasteiger charge is 2.22. The van der Waals surface area contributed by atoms with Crippen LogP contribution in [0.25, 0.3) is 0 Å². The molecule has 2 atom stereocenters. The van der Waals surface area contributed by atoms with Crippen molar-refractivity contribution in [1.82, 2.24) is 5.43 Å². The van der Waals surface area contributed by atoms with Crippen molar-refractivity contribution in [2.24, 2.45) is 11.8 Å². The van der Waals surface area contributed by atoms with Gasteiger partial charge >= 0.3 is 0 Å². The number of nitrogens with one attached hydrogen (secondary N) is 1. The summed E-state index contributed by atoms with van der Waals surface area (Å²) in [6.07, 6.45) is 9.28. The van der Waals surface area contributed by atoms with Crippen LogP contribution in [-0.4, -0.2) is 19.3 Å². The highest BCUT2D eigenvalue weighted by atomic mass is 16.5. The lowest BCUT2D eigenvalue weighted by Crippen LogP contribution is -2.47. The Morgan fingerprint density at radius 3 is 2.12 bits per heavy atom. The number of hydrazine groups is 1. The summed E-state index contributed by atoms with van der Waals surface area (Å²) < 4.78 is 5.52. The molecule has 3 heteroatoms. The van der Waals surface area contributed by atoms with Crippen molar-refractivity contribution in [3.8, 4) is 0 Å². The first kappa shape index (κ1) is 16.9. The molecule has 3 nitrogen and oxygen atoms in total. The van der Waals surface area contributed by atoms with Crippen molar-refractivity contribution in [3.05, 3.63) is 0 Å². The standard InChI is InChI=1S/C14H32N2O/c1-5-6-7-8-9-10-11-13(16-15)14(17-4)12(2)3/h12-14,16H,5-11,15H2,1-4H3. The number of methoxy groups -OCH3 is 1. The average molecular weight is 244 g/mol. The summed E-state index contributed by atoms with van der Waals surface area (Å²) in [5.74, 6) is 6.12.